The maximum Gasteiger partial charge on any atom is 0.243 e. The number of thioether (sulfide) groups is 1. The van der Waals surface area contributed by atoms with Crippen molar-refractivity contribution in [3.05, 3.63) is 96.3 Å². The molecule has 0 aliphatic carbocycles. The second-order valence-electron chi connectivity index (χ2n) is 6.47. The van der Waals surface area contributed by atoms with Crippen LogP contribution in [0.15, 0.2) is 89.8 Å². The van der Waals surface area contributed by atoms with E-state index in [1.54, 1.807) is 13.1 Å². The molecule has 2 amide bonds. The summed E-state index contributed by atoms with van der Waals surface area (Å²) < 4.78 is 13.3. The lowest BCUT2D eigenvalue weighted by Gasteiger charge is -2.23. The van der Waals surface area contributed by atoms with Gasteiger partial charge in [-0.2, -0.15) is 0 Å². The second kappa shape index (κ2) is 9.89. The lowest BCUT2D eigenvalue weighted by Crippen LogP contribution is -2.37. The van der Waals surface area contributed by atoms with E-state index in [4.69, 9.17) is 0 Å². The molecule has 0 spiro atoms. The van der Waals surface area contributed by atoms with Gasteiger partial charge < -0.3 is 10.2 Å². The Morgan fingerprint density at radius 3 is 2.28 bits per heavy atom. The Morgan fingerprint density at radius 2 is 1.62 bits per heavy atom. The maximum atomic E-state index is 13.3. The average Bonchev–Trinajstić information content (AvgIpc) is 2.73. The van der Waals surface area contributed by atoms with Crippen molar-refractivity contribution >= 4 is 29.3 Å². The minimum Gasteiger partial charge on any atom is -0.335 e. The van der Waals surface area contributed by atoms with Crippen molar-refractivity contribution in [1.29, 1.82) is 0 Å². The molecule has 0 fully saturated rings. The average molecular weight is 408 g/mol. The Bertz CT molecular complexity index is 967. The van der Waals surface area contributed by atoms with Gasteiger partial charge in [0.25, 0.3) is 0 Å². The van der Waals surface area contributed by atoms with Crippen LogP contribution in [0.25, 0.3) is 0 Å². The van der Waals surface area contributed by atoms with Gasteiger partial charge in [-0.1, -0.05) is 54.6 Å². The number of halogens is 1. The van der Waals surface area contributed by atoms with Crippen molar-refractivity contribution in [3.63, 3.8) is 0 Å². The zero-order valence-electron chi connectivity index (χ0n) is 15.9. The zero-order chi connectivity index (χ0) is 20.6. The van der Waals surface area contributed by atoms with Crippen LogP contribution in [-0.4, -0.2) is 30.3 Å². The van der Waals surface area contributed by atoms with Gasteiger partial charge in [0.15, 0.2) is 0 Å². The third kappa shape index (κ3) is 5.93. The molecule has 3 aromatic carbocycles. The van der Waals surface area contributed by atoms with Crippen LogP contribution in [-0.2, 0) is 9.59 Å². The number of likely N-dealkylation sites (N-methyl/N-ethyl adjacent to an activating group) is 1. The van der Waals surface area contributed by atoms with Gasteiger partial charge in [-0.05, 0) is 35.9 Å². The Hall–Kier alpha value is -3.12. The fourth-order valence-corrected chi connectivity index (χ4v) is 3.94. The summed E-state index contributed by atoms with van der Waals surface area (Å²) in [4.78, 5) is 27.8. The van der Waals surface area contributed by atoms with Crippen LogP contribution in [0.4, 0.5) is 10.1 Å². The van der Waals surface area contributed by atoms with Crippen molar-refractivity contribution in [2.75, 3.05) is 18.9 Å². The lowest BCUT2D eigenvalue weighted by molar-refractivity contribution is -0.132. The zero-order valence-corrected chi connectivity index (χ0v) is 16.7. The minimum atomic E-state index is -0.481. The van der Waals surface area contributed by atoms with Crippen LogP contribution < -0.4 is 5.32 Å². The van der Waals surface area contributed by atoms with Gasteiger partial charge in [0, 0.05) is 17.6 Å². The third-order valence-corrected chi connectivity index (χ3v) is 5.44. The van der Waals surface area contributed by atoms with E-state index in [0.29, 0.717) is 5.69 Å². The number of hydrogen-bond donors (Lipinski definition) is 1. The van der Waals surface area contributed by atoms with Crippen molar-refractivity contribution in [2.24, 2.45) is 0 Å². The number of carbonyl (C=O) groups excluding carboxylic acids is 2. The fraction of sp³-hybridized carbons (Fsp3) is 0.130. The first-order valence-corrected chi connectivity index (χ1v) is 9.98. The van der Waals surface area contributed by atoms with E-state index in [1.807, 2.05) is 60.7 Å². The summed E-state index contributed by atoms with van der Waals surface area (Å²) in [6.45, 7) is -0.131. The molecule has 4 nitrogen and oxygen atoms in total. The van der Waals surface area contributed by atoms with Crippen molar-refractivity contribution in [1.82, 2.24) is 4.90 Å². The van der Waals surface area contributed by atoms with Gasteiger partial charge in [-0.15, -0.1) is 11.8 Å². The number of nitrogens with one attached hydrogen (secondary N) is 1. The number of nitrogens with zero attached hydrogens (tertiary/aromatic N) is 1. The van der Waals surface area contributed by atoms with Gasteiger partial charge in [0.1, 0.15) is 11.1 Å². The van der Waals surface area contributed by atoms with Crippen LogP contribution in [0.5, 0.6) is 0 Å². The summed E-state index contributed by atoms with van der Waals surface area (Å²) in [5.41, 5.74) is 1.22. The molecule has 0 bridgehead atoms. The normalized spacial score (nSPS) is 11.5. The SMILES string of the molecule is CN(CC(=O)Nc1cccc(F)c1)C(=O)[C@H](Sc1ccccc1)c1ccccc1. The maximum absolute atomic E-state index is 13.3. The number of rotatable bonds is 7. The molecule has 0 heterocycles. The van der Waals surface area contributed by atoms with Gasteiger partial charge in [0.2, 0.25) is 11.8 Å². The predicted octanol–water partition coefficient (Wildman–Crippen LogP) is 4.76. The summed E-state index contributed by atoms with van der Waals surface area (Å²) in [5.74, 6) is -1.00. The number of benzene rings is 3. The molecule has 0 aromatic heterocycles. The number of hydrogen-bond acceptors (Lipinski definition) is 3. The molecule has 0 radical (unpaired) electrons. The van der Waals surface area contributed by atoms with E-state index in [-0.39, 0.29) is 18.4 Å². The minimum absolute atomic E-state index is 0.131. The largest absolute Gasteiger partial charge is 0.335 e. The molecule has 148 valence electrons. The molecule has 1 atom stereocenters. The highest BCUT2D eigenvalue weighted by Gasteiger charge is 2.26. The highest BCUT2D eigenvalue weighted by Crippen LogP contribution is 2.36. The quantitative estimate of drug-likeness (QED) is 0.574. The molecule has 6 heteroatoms. The Kier molecular flexibility index (Phi) is 7.03. The van der Waals surface area contributed by atoms with Crippen LogP contribution in [0.3, 0.4) is 0 Å². The smallest absolute Gasteiger partial charge is 0.243 e. The third-order valence-electron chi connectivity index (χ3n) is 4.19. The standard InChI is InChI=1S/C23H21FN2O2S/c1-26(16-21(27)25-19-12-8-11-18(24)15-19)23(28)22(17-9-4-2-5-10-17)29-20-13-6-3-7-14-20/h2-15,22H,16H2,1H3,(H,25,27)/t22-/m1/s1. The number of carbonyl (C=O) groups is 2. The van der Waals surface area contributed by atoms with E-state index in [2.05, 4.69) is 5.32 Å². The lowest BCUT2D eigenvalue weighted by atomic mass is 10.1. The highest BCUT2D eigenvalue weighted by atomic mass is 32.2. The molecular formula is C23H21FN2O2S. The van der Waals surface area contributed by atoms with Gasteiger partial charge in [-0.3, -0.25) is 9.59 Å². The molecule has 0 unspecified atom stereocenters. The van der Waals surface area contributed by atoms with Gasteiger partial charge in [-0.25, -0.2) is 4.39 Å². The van der Waals surface area contributed by atoms with E-state index in [1.165, 1.54) is 34.9 Å². The van der Waals surface area contributed by atoms with Gasteiger partial charge in [0.05, 0.1) is 6.54 Å². The van der Waals surface area contributed by atoms with Crippen LogP contribution in [0.2, 0.25) is 0 Å². The first-order chi connectivity index (χ1) is 14.0. The molecule has 3 aromatic rings. The first kappa shape index (κ1) is 20.6. The molecule has 0 saturated carbocycles. The summed E-state index contributed by atoms with van der Waals surface area (Å²) in [6, 6.07) is 24.8. The van der Waals surface area contributed by atoms with E-state index in [9.17, 15) is 14.0 Å². The topological polar surface area (TPSA) is 49.4 Å². The predicted molar refractivity (Wildman–Crippen MR) is 114 cm³/mol. The molecule has 0 aliphatic rings. The Balaban J connectivity index is 1.71. The summed E-state index contributed by atoms with van der Waals surface area (Å²) >= 11 is 1.44. The van der Waals surface area contributed by atoms with Crippen molar-refractivity contribution in [2.45, 2.75) is 10.1 Å². The molecule has 29 heavy (non-hydrogen) atoms. The Labute approximate surface area is 173 Å². The first-order valence-electron chi connectivity index (χ1n) is 9.10. The molecule has 0 saturated heterocycles. The van der Waals surface area contributed by atoms with Crippen LogP contribution in [0, 0.1) is 5.82 Å². The second-order valence-corrected chi connectivity index (χ2v) is 7.65. The highest BCUT2D eigenvalue weighted by molar-refractivity contribution is 8.00. The Morgan fingerprint density at radius 1 is 0.966 bits per heavy atom. The van der Waals surface area contributed by atoms with Crippen molar-refractivity contribution in [3.8, 4) is 0 Å². The summed E-state index contributed by atoms with van der Waals surface area (Å²) in [6.07, 6.45) is 0. The van der Waals surface area contributed by atoms with E-state index < -0.39 is 11.1 Å². The van der Waals surface area contributed by atoms with Crippen LogP contribution >= 0.6 is 11.8 Å². The van der Waals surface area contributed by atoms with E-state index in [0.717, 1.165) is 10.5 Å². The van der Waals surface area contributed by atoms with Gasteiger partial charge >= 0.3 is 0 Å². The van der Waals surface area contributed by atoms with Crippen molar-refractivity contribution < 1.29 is 14.0 Å². The number of anilines is 1. The number of amides is 2. The summed E-state index contributed by atoms with van der Waals surface area (Å²) in [7, 11) is 1.59. The van der Waals surface area contributed by atoms with E-state index >= 15 is 0 Å². The molecule has 0 aliphatic heterocycles. The fourth-order valence-electron chi connectivity index (χ4n) is 2.78. The monoisotopic (exact) mass is 408 g/mol. The summed E-state index contributed by atoms with van der Waals surface area (Å²) in [5, 5.41) is 2.14. The molecular weight excluding hydrogens is 387 g/mol. The molecule has 3 rings (SSSR count). The molecule has 1 N–H and O–H groups in total. The van der Waals surface area contributed by atoms with Crippen LogP contribution in [0.1, 0.15) is 10.8 Å².